The lowest BCUT2D eigenvalue weighted by Crippen LogP contribution is -2.35. The minimum atomic E-state index is -1.31. The Balaban J connectivity index is 2.67. The second-order valence-corrected chi connectivity index (χ2v) is 3.68. The number of allylic oxidation sites excluding steroid dienone is 1. The second kappa shape index (κ2) is 3.94. The van der Waals surface area contributed by atoms with Gasteiger partial charge in [0.1, 0.15) is 0 Å². The van der Waals surface area contributed by atoms with Gasteiger partial charge in [-0.3, -0.25) is 9.59 Å². The summed E-state index contributed by atoms with van der Waals surface area (Å²) in [6, 6.07) is 1.50. The number of carbonyl (C=O) groups excluding carboxylic acids is 2. The van der Waals surface area contributed by atoms with Crippen molar-refractivity contribution in [1.82, 2.24) is 0 Å². The van der Waals surface area contributed by atoms with Crippen LogP contribution in [0.25, 0.3) is 0 Å². The summed E-state index contributed by atoms with van der Waals surface area (Å²) < 4.78 is 15.7. The highest BCUT2D eigenvalue weighted by molar-refractivity contribution is 6.26. The lowest BCUT2D eigenvalue weighted by atomic mass is 9.90. The van der Waals surface area contributed by atoms with Crippen molar-refractivity contribution in [3.05, 3.63) is 35.3 Å². The lowest BCUT2D eigenvalue weighted by Gasteiger charge is -2.29. The highest BCUT2D eigenvalue weighted by Crippen LogP contribution is 2.37. The SMILES string of the molecule is COC1(OC)C=C(C(C)=O)C(=O)c2ccoc21. The van der Waals surface area contributed by atoms with Crippen LogP contribution >= 0.6 is 0 Å². The average molecular weight is 236 g/mol. The van der Waals surface area contributed by atoms with Crippen LogP contribution in [0.4, 0.5) is 0 Å². The van der Waals surface area contributed by atoms with E-state index in [2.05, 4.69) is 0 Å². The van der Waals surface area contributed by atoms with Gasteiger partial charge in [-0.2, -0.15) is 0 Å². The van der Waals surface area contributed by atoms with E-state index in [4.69, 9.17) is 13.9 Å². The molecular weight excluding hydrogens is 224 g/mol. The number of methoxy groups -OCH3 is 2. The van der Waals surface area contributed by atoms with Gasteiger partial charge in [-0.25, -0.2) is 0 Å². The Labute approximate surface area is 98.0 Å². The van der Waals surface area contributed by atoms with Crippen molar-refractivity contribution in [3.8, 4) is 0 Å². The molecule has 0 bridgehead atoms. The number of Topliss-reactive ketones (excluding diaryl/α,β-unsaturated/α-hetero) is 2. The zero-order valence-electron chi connectivity index (χ0n) is 9.77. The first-order valence-corrected chi connectivity index (χ1v) is 5.02. The summed E-state index contributed by atoms with van der Waals surface area (Å²) in [5.41, 5.74) is 0.337. The van der Waals surface area contributed by atoms with Crippen LogP contribution in [0.1, 0.15) is 23.0 Å². The number of rotatable bonds is 3. The van der Waals surface area contributed by atoms with Gasteiger partial charge in [-0.15, -0.1) is 0 Å². The van der Waals surface area contributed by atoms with Gasteiger partial charge in [0.2, 0.25) is 5.79 Å². The van der Waals surface area contributed by atoms with E-state index in [1.54, 1.807) is 0 Å². The van der Waals surface area contributed by atoms with Gasteiger partial charge in [0.25, 0.3) is 0 Å². The van der Waals surface area contributed by atoms with E-state index in [0.29, 0.717) is 5.56 Å². The van der Waals surface area contributed by atoms with E-state index >= 15 is 0 Å². The molecule has 0 spiro atoms. The predicted molar refractivity (Wildman–Crippen MR) is 57.5 cm³/mol. The smallest absolute Gasteiger partial charge is 0.250 e. The number of hydrogen-bond acceptors (Lipinski definition) is 5. The number of fused-ring (bicyclic) bond motifs is 1. The number of ether oxygens (including phenoxy) is 2. The fourth-order valence-electron chi connectivity index (χ4n) is 1.87. The summed E-state index contributed by atoms with van der Waals surface area (Å²) in [5.74, 6) is -1.75. The van der Waals surface area contributed by atoms with Gasteiger partial charge >= 0.3 is 0 Å². The van der Waals surface area contributed by atoms with Crippen LogP contribution in [0.15, 0.2) is 28.4 Å². The zero-order chi connectivity index (χ0) is 12.6. The molecule has 1 aliphatic carbocycles. The maximum Gasteiger partial charge on any atom is 0.250 e. The number of furan rings is 1. The summed E-state index contributed by atoms with van der Waals surface area (Å²) in [5, 5.41) is 0. The van der Waals surface area contributed by atoms with Crippen molar-refractivity contribution >= 4 is 11.6 Å². The Morgan fingerprint density at radius 1 is 1.35 bits per heavy atom. The van der Waals surface area contributed by atoms with E-state index in [1.807, 2.05) is 0 Å². The molecule has 1 aromatic rings. The molecule has 1 heterocycles. The van der Waals surface area contributed by atoms with E-state index in [1.165, 1.54) is 39.5 Å². The van der Waals surface area contributed by atoms with Crippen molar-refractivity contribution in [2.75, 3.05) is 14.2 Å². The van der Waals surface area contributed by atoms with Crippen LogP contribution in [-0.4, -0.2) is 25.8 Å². The molecule has 0 fully saturated rings. The van der Waals surface area contributed by atoms with Crippen molar-refractivity contribution in [1.29, 1.82) is 0 Å². The van der Waals surface area contributed by atoms with Gasteiger partial charge in [0.05, 0.1) is 17.4 Å². The summed E-state index contributed by atoms with van der Waals surface area (Å²) in [6.07, 6.45) is 2.72. The van der Waals surface area contributed by atoms with E-state index in [0.717, 1.165) is 0 Å². The lowest BCUT2D eigenvalue weighted by molar-refractivity contribution is -0.190. The molecule has 0 atom stereocenters. The third kappa shape index (κ3) is 1.55. The fraction of sp³-hybridized carbons (Fsp3) is 0.333. The molecule has 0 radical (unpaired) electrons. The zero-order valence-corrected chi connectivity index (χ0v) is 9.77. The maximum absolute atomic E-state index is 12.0. The first kappa shape index (κ1) is 11.8. The first-order chi connectivity index (χ1) is 8.05. The molecule has 0 amide bonds. The van der Waals surface area contributed by atoms with Gasteiger partial charge in [0.15, 0.2) is 17.3 Å². The molecule has 0 aromatic carbocycles. The standard InChI is InChI=1S/C12H12O5/c1-7(13)9-6-12(15-2,16-3)11-8(10(9)14)4-5-17-11/h4-6H,1-3H3. The Bertz CT molecular complexity index is 505. The molecule has 1 aliphatic rings. The Hall–Kier alpha value is -1.72. The molecule has 0 unspecified atom stereocenters. The molecule has 2 rings (SSSR count). The van der Waals surface area contributed by atoms with Crippen molar-refractivity contribution in [2.45, 2.75) is 12.7 Å². The predicted octanol–water partition coefficient (Wildman–Crippen LogP) is 1.44. The molecule has 5 heteroatoms. The minimum absolute atomic E-state index is 0.0441. The Kier molecular flexibility index (Phi) is 2.73. The summed E-state index contributed by atoms with van der Waals surface area (Å²) in [7, 11) is 2.83. The number of hydrogen-bond donors (Lipinski definition) is 0. The monoisotopic (exact) mass is 236 g/mol. The largest absolute Gasteiger partial charge is 0.462 e. The Morgan fingerprint density at radius 3 is 2.53 bits per heavy atom. The normalized spacial score (nSPS) is 17.6. The molecule has 0 saturated heterocycles. The van der Waals surface area contributed by atoms with Crippen LogP contribution in [0.2, 0.25) is 0 Å². The third-order valence-electron chi connectivity index (χ3n) is 2.79. The van der Waals surface area contributed by atoms with Gasteiger partial charge in [0, 0.05) is 14.2 Å². The Morgan fingerprint density at radius 2 is 2.00 bits per heavy atom. The molecule has 0 N–H and O–H groups in total. The average Bonchev–Trinajstić information content (AvgIpc) is 2.80. The molecule has 0 aliphatic heterocycles. The topological polar surface area (TPSA) is 65.7 Å². The van der Waals surface area contributed by atoms with Crippen molar-refractivity contribution in [3.63, 3.8) is 0 Å². The van der Waals surface area contributed by atoms with E-state index < -0.39 is 5.79 Å². The highest BCUT2D eigenvalue weighted by atomic mass is 16.7. The molecule has 90 valence electrons. The maximum atomic E-state index is 12.0. The van der Waals surface area contributed by atoms with Crippen LogP contribution in [0, 0.1) is 0 Å². The molecule has 17 heavy (non-hydrogen) atoms. The number of ketones is 2. The summed E-state index contributed by atoms with van der Waals surface area (Å²) >= 11 is 0. The molecule has 1 aromatic heterocycles. The van der Waals surface area contributed by atoms with Gasteiger partial charge in [-0.1, -0.05) is 0 Å². The van der Waals surface area contributed by atoms with Crippen LogP contribution in [-0.2, 0) is 20.1 Å². The van der Waals surface area contributed by atoms with Crippen LogP contribution < -0.4 is 0 Å². The summed E-state index contributed by atoms with van der Waals surface area (Å²) in [4.78, 5) is 23.4. The molecule has 0 saturated carbocycles. The summed E-state index contributed by atoms with van der Waals surface area (Å²) in [6.45, 7) is 1.32. The second-order valence-electron chi connectivity index (χ2n) is 3.68. The molecule has 5 nitrogen and oxygen atoms in total. The van der Waals surface area contributed by atoms with Gasteiger partial charge in [-0.05, 0) is 19.1 Å². The van der Waals surface area contributed by atoms with Crippen LogP contribution in [0.3, 0.4) is 0 Å². The van der Waals surface area contributed by atoms with Crippen molar-refractivity contribution in [2.24, 2.45) is 0 Å². The quantitative estimate of drug-likeness (QED) is 0.586. The molecular formula is C12H12O5. The first-order valence-electron chi connectivity index (χ1n) is 5.02. The number of carbonyl (C=O) groups is 2. The van der Waals surface area contributed by atoms with E-state index in [-0.39, 0.29) is 22.9 Å². The van der Waals surface area contributed by atoms with Crippen molar-refractivity contribution < 1.29 is 23.5 Å². The van der Waals surface area contributed by atoms with Gasteiger partial charge < -0.3 is 13.9 Å². The third-order valence-corrected chi connectivity index (χ3v) is 2.79. The minimum Gasteiger partial charge on any atom is -0.462 e. The van der Waals surface area contributed by atoms with E-state index in [9.17, 15) is 9.59 Å². The van der Waals surface area contributed by atoms with Crippen LogP contribution in [0.5, 0.6) is 0 Å². The highest BCUT2D eigenvalue weighted by Gasteiger charge is 2.43. The fourth-order valence-corrected chi connectivity index (χ4v) is 1.87.